The lowest BCUT2D eigenvalue weighted by Gasteiger charge is -2.38. The first-order chi connectivity index (χ1) is 18.0. The number of ether oxygens (including phenoxy) is 4. The average molecular weight is 544 g/mol. The van der Waals surface area contributed by atoms with Gasteiger partial charge >= 0.3 is 24.7 Å². The van der Waals surface area contributed by atoms with Crippen LogP contribution in [-0.2, 0) is 20.9 Å². The van der Waals surface area contributed by atoms with Crippen molar-refractivity contribution in [3.05, 3.63) is 53.6 Å². The van der Waals surface area contributed by atoms with Gasteiger partial charge in [-0.15, -0.1) is 0 Å². The predicted molar refractivity (Wildman–Crippen MR) is 122 cm³/mol. The predicted octanol–water partition coefficient (Wildman–Crippen LogP) is 3.99. The summed E-state index contributed by atoms with van der Waals surface area (Å²) < 4.78 is 82.7. The molecule has 1 saturated heterocycles. The van der Waals surface area contributed by atoms with Gasteiger partial charge in [-0.25, -0.2) is 9.59 Å². The number of alkyl halides is 5. The van der Waals surface area contributed by atoms with Crippen LogP contribution in [0.15, 0.2) is 42.5 Å². The van der Waals surface area contributed by atoms with E-state index in [2.05, 4.69) is 19.7 Å². The summed E-state index contributed by atoms with van der Waals surface area (Å²) in [4.78, 5) is 26.3. The van der Waals surface area contributed by atoms with E-state index in [1.807, 2.05) is 0 Å². The standard InChI is InChI=1S/C25H25F5N2O6/c1-35-17-6-7-19-18(12-17)20(21(22(33)37-19)38-23(34)25(28,29)30)31-15-8-10-32(11-9-15)13-14-2-4-16(5-3-14)36-24(26)27/h2-7,12,15,20-21,24,31H,8-11,13H2,1H3. The van der Waals surface area contributed by atoms with Crippen LogP contribution in [0.4, 0.5) is 22.0 Å². The quantitative estimate of drug-likeness (QED) is 0.304. The fourth-order valence-corrected chi connectivity index (χ4v) is 4.48. The first-order valence-corrected chi connectivity index (χ1v) is 11.7. The smallest absolute Gasteiger partial charge is 0.490 e. The molecule has 0 amide bonds. The molecule has 2 heterocycles. The number of fused-ring (bicyclic) bond motifs is 1. The van der Waals surface area contributed by atoms with Crippen LogP contribution in [-0.4, -0.2) is 62.0 Å². The fourth-order valence-electron chi connectivity index (χ4n) is 4.48. The molecule has 13 heteroatoms. The van der Waals surface area contributed by atoms with Crippen LogP contribution in [0.5, 0.6) is 17.2 Å². The molecule has 1 fully saturated rings. The SMILES string of the molecule is COc1ccc2c(c1)C(NC1CCN(Cc3ccc(OC(F)F)cc3)CC1)C(OC(=O)C(F)(F)F)C(=O)O2. The van der Waals surface area contributed by atoms with Gasteiger partial charge in [-0.05, 0) is 61.8 Å². The molecule has 2 unspecified atom stereocenters. The Morgan fingerprint density at radius 2 is 1.76 bits per heavy atom. The number of nitrogens with one attached hydrogen (secondary N) is 1. The third-order valence-corrected chi connectivity index (χ3v) is 6.32. The summed E-state index contributed by atoms with van der Waals surface area (Å²) in [6.45, 7) is -1.11. The molecular formula is C25H25F5N2O6. The van der Waals surface area contributed by atoms with Crippen molar-refractivity contribution in [1.29, 1.82) is 0 Å². The van der Waals surface area contributed by atoms with Gasteiger partial charge in [0.25, 0.3) is 0 Å². The Hall–Kier alpha value is -3.45. The molecule has 0 radical (unpaired) electrons. The van der Waals surface area contributed by atoms with E-state index in [-0.39, 0.29) is 17.5 Å². The number of esters is 2. The van der Waals surface area contributed by atoms with Crippen LogP contribution in [0.1, 0.15) is 30.0 Å². The third kappa shape index (κ3) is 6.70. The van der Waals surface area contributed by atoms with E-state index in [0.717, 1.165) is 5.56 Å². The lowest BCUT2D eigenvalue weighted by atomic mass is 9.94. The van der Waals surface area contributed by atoms with Gasteiger partial charge in [0.1, 0.15) is 17.2 Å². The lowest BCUT2D eigenvalue weighted by Crippen LogP contribution is -2.51. The monoisotopic (exact) mass is 544 g/mol. The Bertz CT molecular complexity index is 1140. The second kappa shape index (κ2) is 11.5. The maximum Gasteiger partial charge on any atom is 0.490 e. The van der Waals surface area contributed by atoms with Gasteiger partial charge in [-0.2, -0.15) is 22.0 Å². The highest BCUT2D eigenvalue weighted by Gasteiger charge is 2.48. The van der Waals surface area contributed by atoms with E-state index in [1.165, 1.54) is 37.4 Å². The highest BCUT2D eigenvalue weighted by Crippen LogP contribution is 2.38. The van der Waals surface area contributed by atoms with E-state index >= 15 is 0 Å². The number of halogens is 5. The van der Waals surface area contributed by atoms with Gasteiger partial charge < -0.3 is 24.3 Å². The van der Waals surface area contributed by atoms with E-state index in [4.69, 9.17) is 9.47 Å². The molecular weight excluding hydrogens is 519 g/mol. The summed E-state index contributed by atoms with van der Waals surface area (Å²) >= 11 is 0. The molecule has 2 aliphatic heterocycles. The van der Waals surface area contributed by atoms with E-state index in [0.29, 0.717) is 43.8 Å². The normalized spacial score (nSPS) is 20.6. The molecule has 0 bridgehead atoms. The van der Waals surface area contributed by atoms with Crippen molar-refractivity contribution in [3.63, 3.8) is 0 Å². The van der Waals surface area contributed by atoms with Crippen LogP contribution < -0.4 is 19.5 Å². The third-order valence-electron chi connectivity index (χ3n) is 6.32. The molecule has 4 rings (SSSR count). The van der Waals surface area contributed by atoms with Gasteiger partial charge in [0.15, 0.2) is 0 Å². The van der Waals surface area contributed by atoms with Crippen molar-refractivity contribution in [1.82, 2.24) is 10.2 Å². The number of methoxy groups -OCH3 is 1. The number of carbonyl (C=O) groups is 2. The second-order valence-electron chi connectivity index (χ2n) is 8.87. The summed E-state index contributed by atoms with van der Waals surface area (Å²) in [5.41, 5.74) is 1.23. The average Bonchev–Trinajstić information content (AvgIpc) is 2.87. The number of carbonyl (C=O) groups excluding carboxylic acids is 2. The molecule has 1 N–H and O–H groups in total. The number of benzene rings is 2. The molecule has 38 heavy (non-hydrogen) atoms. The van der Waals surface area contributed by atoms with Crippen molar-refractivity contribution in [2.45, 2.75) is 50.4 Å². The molecule has 0 aliphatic carbocycles. The Morgan fingerprint density at radius 3 is 2.37 bits per heavy atom. The van der Waals surface area contributed by atoms with Gasteiger partial charge in [0.2, 0.25) is 6.10 Å². The molecule has 2 atom stereocenters. The summed E-state index contributed by atoms with van der Waals surface area (Å²) in [6.07, 6.45) is -5.97. The number of piperidine rings is 1. The number of nitrogens with zero attached hydrogens (tertiary/aromatic N) is 1. The van der Waals surface area contributed by atoms with Crippen molar-refractivity contribution >= 4 is 11.9 Å². The van der Waals surface area contributed by atoms with Gasteiger partial charge in [-0.3, -0.25) is 4.90 Å². The van der Waals surface area contributed by atoms with Gasteiger partial charge in [0, 0.05) is 18.2 Å². The topological polar surface area (TPSA) is 86.3 Å². The van der Waals surface area contributed by atoms with Crippen LogP contribution >= 0.6 is 0 Å². The van der Waals surface area contributed by atoms with Crippen LogP contribution in [0.3, 0.4) is 0 Å². The Balaban J connectivity index is 1.44. The molecule has 2 aliphatic rings. The lowest BCUT2D eigenvalue weighted by molar-refractivity contribution is -0.209. The molecule has 2 aromatic rings. The molecule has 2 aromatic carbocycles. The van der Waals surface area contributed by atoms with Crippen LogP contribution in [0.25, 0.3) is 0 Å². The Morgan fingerprint density at radius 1 is 1.11 bits per heavy atom. The minimum Gasteiger partial charge on any atom is -0.497 e. The number of hydrogen-bond acceptors (Lipinski definition) is 8. The number of likely N-dealkylation sites (tertiary alicyclic amines) is 1. The van der Waals surface area contributed by atoms with Gasteiger partial charge in [0.05, 0.1) is 13.2 Å². The minimum absolute atomic E-state index is 0.0651. The first-order valence-electron chi connectivity index (χ1n) is 11.7. The maximum absolute atomic E-state index is 12.9. The fraction of sp³-hybridized carbons (Fsp3) is 0.440. The van der Waals surface area contributed by atoms with Crippen molar-refractivity contribution < 1.29 is 50.5 Å². The first kappa shape index (κ1) is 27.6. The minimum atomic E-state index is -5.28. The van der Waals surface area contributed by atoms with Crippen molar-refractivity contribution in [2.24, 2.45) is 0 Å². The van der Waals surface area contributed by atoms with Crippen LogP contribution in [0.2, 0.25) is 0 Å². The highest BCUT2D eigenvalue weighted by atomic mass is 19.4. The zero-order valence-corrected chi connectivity index (χ0v) is 20.2. The highest BCUT2D eigenvalue weighted by molar-refractivity contribution is 5.85. The van der Waals surface area contributed by atoms with E-state index in [9.17, 15) is 31.5 Å². The van der Waals surface area contributed by atoms with Crippen LogP contribution in [0, 0.1) is 0 Å². The number of hydrogen-bond donors (Lipinski definition) is 1. The second-order valence-corrected chi connectivity index (χ2v) is 8.87. The maximum atomic E-state index is 12.9. The van der Waals surface area contributed by atoms with Crippen molar-refractivity contribution in [2.75, 3.05) is 20.2 Å². The molecule has 8 nitrogen and oxygen atoms in total. The number of rotatable bonds is 8. The zero-order chi connectivity index (χ0) is 27.4. The largest absolute Gasteiger partial charge is 0.497 e. The zero-order valence-electron chi connectivity index (χ0n) is 20.2. The molecule has 0 aromatic heterocycles. The summed E-state index contributed by atoms with van der Waals surface area (Å²) in [5.74, 6) is -3.03. The van der Waals surface area contributed by atoms with Crippen molar-refractivity contribution in [3.8, 4) is 17.2 Å². The summed E-state index contributed by atoms with van der Waals surface area (Å²) in [7, 11) is 1.41. The summed E-state index contributed by atoms with van der Waals surface area (Å²) in [6, 6.07) is 9.53. The molecule has 0 spiro atoms. The Labute approximate surface area is 214 Å². The Kier molecular flexibility index (Phi) is 8.36. The molecule has 206 valence electrons. The van der Waals surface area contributed by atoms with E-state index < -0.39 is 36.9 Å². The summed E-state index contributed by atoms with van der Waals surface area (Å²) in [5, 5.41) is 3.20. The van der Waals surface area contributed by atoms with E-state index in [1.54, 1.807) is 12.1 Å². The van der Waals surface area contributed by atoms with Gasteiger partial charge in [-0.1, -0.05) is 12.1 Å². The molecule has 0 saturated carbocycles.